The molecule has 2 unspecified atom stereocenters. The van der Waals surface area contributed by atoms with Crippen molar-refractivity contribution in [1.29, 1.82) is 0 Å². The molecule has 2 atom stereocenters. The van der Waals surface area contributed by atoms with E-state index in [2.05, 4.69) is 25.0 Å². The van der Waals surface area contributed by atoms with Gasteiger partial charge in [-0.3, -0.25) is 0 Å². The van der Waals surface area contributed by atoms with E-state index in [-0.39, 0.29) is 0 Å². The molecule has 1 aliphatic heterocycles. The van der Waals surface area contributed by atoms with E-state index in [0.29, 0.717) is 11.8 Å². The van der Waals surface area contributed by atoms with E-state index >= 15 is 0 Å². The third-order valence-corrected chi connectivity index (χ3v) is 4.47. The summed E-state index contributed by atoms with van der Waals surface area (Å²) in [6.45, 7) is 4.44. The summed E-state index contributed by atoms with van der Waals surface area (Å²) in [6.07, 6.45) is 4.47. The Morgan fingerprint density at radius 2 is 2.38 bits per heavy atom. The second kappa shape index (κ2) is 5.23. The predicted molar refractivity (Wildman–Crippen MR) is 66.9 cm³/mol. The second-order valence-corrected chi connectivity index (χ2v) is 6.02. The molecular weight excluding hydrogens is 220 g/mol. The fourth-order valence-electron chi connectivity index (χ4n) is 2.32. The van der Waals surface area contributed by atoms with Gasteiger partial charge in [0.05, 0.1) is 5.69 Å². The first-order valence-electron chi connectivity index (χ1n) is 6.16. The Kier molecular flexibility index (Phi) is 3.92. The summed E-state index contributed by atoms with van der Waals surface area (Å²) in [7, 11) is 0. The lowest BCUT2D eigenvalue weighted by Gasteiger charge is -2.17. The van der Waals surface area contributed by atoms with Gasteiger partial charge in [0, 0.05) is 18.0 Å². The molecule has 4 heteroatoms. The Bertz CT molecular complexity index is 351. The number of aromatic nitrogens is 2. The van der Waals surface area contributed by atoms with E-state index in [1.165, 1.54) is 24.2 Å². The van der Waals surface area contributed by atoms with Crippen molar-refractivity contribution in [3.05, 3.63) is 17.5 Å². The average Bonchev–Trinajstić information content (AvgIpc) is 2.68. The highest BCUT2D eigenvalue weighted by Gasteiger charge is 2.22. The van der Waals surface area contributed by atoms with Crippen molar-refractivity contribution in [3.63, 3.8) is 0 Å². The molecule has 0 spiro atoms. The fourth-order valence-corrected chi connectivity index (χ4v) is 3.38. The maximum Gasteiger partial charge on any atom is 0.197 e. The molecule has 16 heavy (non-hydrogen) atoms. The highest BCUT2D eigenvalue weighted by molar-refractivity contribution is 7.90. The number of aryl methyl sites for hydroxylation is 1. The molecule has 0 aromatic carbocycles. The molecule has 2 heterocycles. The monoisotopic (exact) mass is 240 g/mol. The summed E-state index contributed by atoms with van der Waals surface area (Å²) in [5.74, 6) is 1.98. The second-order valence-electron chi connectivity index (χ2n) is 4.48. The molecule has 1 aromatic heterocycles. The SMILES string of the molecule is CCCC(CC)c1cc2n(n1)C[S+]([O-])CC2. The molecular formula is C12H20N2OS. The third-order valence-electron chi connectivity index (χ3n) is 3.28. The van der Waals surface area contributed by atoms with Gasteiger partial charge in [0.1, 0.15) is 5.75 Å². The summed E-state index contributed by atoms with van der Waals surface area (Å²) < 4.78 is 13.4. The Balaban J connectivity index is 2.17. The minimum absolute atomic E-state index is 0.580. The smallest absolute Gasteiger partial charge is 0.197 e. The largest absolute Gasteiger partial charge is 0.615 e. The van der Waals surface area contributed by atoms with Crippen molar-refractivity contribution in [2.45, 2.75) is 51.3 Å². The Labute approximate surface area is 100 Å². The maximum absolute atomic E-state index is 11.5. The number of hydrogen-bond donors (Lipinski definition) is 0. The molecule has 0 saturated carbocycles. The molecule has 0 N–H and O–H groups in total. The van der Waals surface area contributed by atoms with Crippen LogP contribution < -0.4 is 0 Å². The van der Waals surface area contributed by atoms with Gasteiger partial charge in [-0.25, -0.2) is 4.68 Å². The van der Waals surface area contributed by atoms with E-state index in [4.69, 9.17) is 0 Å². The van der Waals surface area contributed by atoms with E-state index in [0.717, 1.165) is 18.6 Å². The molecule has 2 rings (SSSR count). The molecule has 3 nitrogen and oxygen atoms in total. The number of fused-ring (bicyclic) bond motifs is 1. The molecule has 1 aliphatic rings. The minimum Gasteiger partial charge on any atom is -0.615 e. The van der Waals surface area contributed by atoms with E-state index in [9.17, 15) is 4.55 Å². The first kappa shape index (κ1) is 12.0. The zero-order valence-electron chi connectivity index (χ0n) is 10.1. The Hall–Kier alpha value is -0.480. The van der Waals surface area contributed by atoms with Crippen LogP contribution in [0.15, 0.2) is 6.07 Å². The van der Waals surface area contributed by atoms with Gasteiger partial charge in [-0.1, -0.05) is 20.3 Å². The summed E-state index contributed by atoms with van der Waals surface area (Å²) in [4.78, 5) is 0. The van der Waals surface area contributed by atoms with Crippen LogP contribution in [0.3, 0.4) is 0 Å². The van der Waals surface area contributed by atoms with Crippen molar-refractivity contribution in [2.75, 3.05) is 5.75 Å². The highest BCUT2D eigenvalue weighted by Crippen LogP contribution is 2.26. The zero-order chi connectivity index (χ0) is 11.5. The van der Waals surface area contributed by atoms with Crippen LogP contribution in [0.25, 0.3) is 0 Å². The van der Waals surface area contributed by atoms with Crippen LogP contribution in [0, 0.1) is 0 Å². The summed E-state index contributed by atoms with van der Waals surface area (Å²) in [5, 5.41) is 4.61. The van der Waals surface area contributed by atoms with Crippen molar-refractivity contribution in [3.8, 4) is 0 Å². The van der Waals surface area contributed by atoms with Crippen molar-refractivity contribution < 1.29 is 4.55 Å². The van der Waals surface area contributed by atoms with Gasteiger partial charge < -0.3 is 4.55 Å². The first-order chi connectivity index (χ1) is 7.74. The van der Waals surface area contributed by atoms with E-state index in [1.54, 1.807) is 0 Å². The van der Waals surface area contributed by atoms with E-state index in [1.807, 2.05) is 4.68 Å². The standard InChI is InChI=1S/C12H20N2OS/c1-3-5-10(4-2)12-8-11-6-7-16(15)9-14(11)13-12/h8,10H,3-7,9H2,1-2H3. The molecule has 0 aliphatic carbocycles. The lowest BCUT2D eigenvalue weighted by Crippen LogP contribution is -2.24. The van der Waals surface area contributed by atoms with Crippen LogP contribution in [-0.2, 0) is 23.5 Å². The van der Waals surface area contributed by atoms with Gasteiger partial charge in [0.25, 0.3) is 0 Å². The lowest BCUT2D eigenvalue weighted by molar-refractivity contribution is 0.540. The summed E-state index contributed by atoms with van der Waals surface area (Å²) in [5.41, 5.74) is 2.47. The number of rotatable bonds is 4. The van der Waals surface area contributed by atoms with Gasteiger partial charge >= 0.3 is 0 Å². The zero-order valence-corrected chi connectivity index (χ0v) is 10.9. The molecule has 0 radical (unpaired) electrons. The normalized spacial score (nSPS) is 21.8. The van der Waals surface area contributed by atoms with Crippen LogP contribution in [0.1, 0.15) is 50.4 Å². The van der Waals surface area contributed by atoms with Gasteiger partial charge in [0.2, 0.25) is 0 Å². The van der Waals surface area contributed by atoms with Crippen molar-refractivity contribution in [2.24, 2.45) is 0 Å². The highest BCUT2D eigenvalue weighted by atomic mass is 32.2. The molecule has 0 amide bonds. The first-order valence-corrected chi connectivity index (χ1v) is 7.65. The summed E-state index contributed by atoms with van der Waals surface area (Å²) in [6, 6.07) is 2.22. The molecule has 0 fully saturated rings. The van der Waals surface area contributed by atoms with Gasteiger partial charge in [-0.15, -0.1) is 0 Å². The maximum atomic E-state index is 11.5. The van der Waals surface area contributed by atoms with Crippen LogP contribution >= 0.6 is 0 Å². The Morgan fingerprint density at radius 3 is 3.06 bits per heavy atom. The molecule has 0 saturated heterocycles. The minimum atomic E-state index is -0.707. The van der Waals surface area contributed by atoms with Gasteiger partial charge in [0.15, 0.2) is 5.88 Å². The third kappa shape index (κ3) is 2.43. The van der Waals surface area contributed by atoms with Gasteiger partial charge in [-0.05, 0) is 30.1 Å². The van der Waals surface area contributed by atoms with Crippen LogP contribution in [0.2, 0.25) is 0 Å². The topological polar surface area (TPSA) is 40.9 Å². The summed E-state index contributed by atoms with van der Waals surface area (Å²) >= 11 is -0.707. The van der Waals surface area contributed by atoms with E-state index < -0.39 is 11.2 Å². The molecule has 0 bridgehead atoms. The predicted octanol–water partition coefficient (Wildman–Crippen LogP) is 2.44. The quantitative estimate of drug-likeness (QED) is 0.758. The van der Waals surface area contributed by atoms with Crippen LogP contribution in [-0.4, -0.2) is 20.1 Å². The fraction of sp³-hybridized carbons (Fsp3) is 0.750. The number of nitrogens with zero attached hydrogens (tertiary/aromatic N) is 2. The van der Waals surface area contributed by atoms with Crippen LogP contribution in [0.4, 0.5) is 0 Å². The Morgan fingerprint density at radius 1 is 1.56 bits per heavy atom. The van der Waals surface area contributed by atoms with Crippen molar-refractivity contribution >= 4 is 11.2 Å². The molecule has 1 aromatic rings. The number of hydrogen-bond acceptors (Lipinski definition) is 2. The van der Waals surface area contributed by atoms with Crippen LogP contribution in [0.5, 0.6) is 0 Å². The molecule has 90 valence electrons. The van der Waals surface area contributed by atoms with Gasteiger partial charge in [-0.2, -0.15) is 5.10 Å². The average molecular weight is 240 g/mol. The van der Waals surface area contributed by atoms with Crippen molar-refractivity contribution in [1.82, 2.24) is 9.78 Å². The lowest BCUT2D eigenvalue weighted by atomic mass is 9.97.